The van der Waals surface area contributed by atoms with Crippen LogP contribution in [-0.2, 0) is 32.2 Å². The first-order valence-corrected chi connectivity index (χ1v) is 12.2. The highest BCUT2D eigenvalue weighted by molar-refractivity contribution is 6.00. The van der Waals surface area contributed by atoms with Gasteiger partial charge in [0.25, 0.3) is 5.91 Å². The summed E-state index contributed by atoms with van der Waals surface area (Å²) in [6, 6.07) is 21.4. The van der Waals surface area contributed by atoms with Crippen LogP contribution < -0.4 is 29.3 Å². The van der Waals surface area contributed by atoms with E-state index >= 15 is 0 Å². The van der Waals surface area contributed by atoms with Crippen LogP contribution in [0.1, 0.15) is 17.5 Å². The smallest absolute Gasteiger partial charge is 0.411 e. The number of halogens is 1. The summed E-state index contributed by atoms with van der Waals surface area (Å²) in [5, 5.41) is 15.3. The monoisotopic (exact) mass is 647 g/mol. The molecule has 3 rings (SSSR count). The van der Waals surface area contributed by atoms with Crippen molar-refractivity contribution in [1.29, 1.82) is 0 Å². The molecule has 0 saturated carbocycles. The van der Waals surface area contributed by atoms with Gasteiger partial charge >= 0.3 is 12.1 Å². The van der Waals surface area contributed by atoms with Gasteiger partial charge in [0.1, 0.15) is 13.2 Å². The first-order chi connectivity index (χ1) is 18.2. The van der Waals surface area contributed by atoms with E-state index in [0.717, 1.165) is 40.6 Å². The molecule has 0 atom stereocenters. The lowest BCUT2D eigenvalue weighted by Gasteiger charge is -2.30. The van der Waals surface area contributed by atoms with Crippen molar-refractivity contribution in [2.24, 2.45) is 0 Å². The summed E-state index contributed by atoms with van der Waals surface area (Å²) in [4.78, 5) is 35.2. The van der Waals surface area contributed by atoms with Crippen LogP contribution in [0, 0.1) is 0 Å². The Balaban J connectivity index is 0.00000533. The standard InChI is InChI=1S/C29H33N3O6.HI/c1-32(2,19-7-18-31(36)27(33)16-17-28(34)37-3)20-22-12-14-23(15-13-22)21-38-29(35)30-26-11-6-9-24-8-4-5-10-25(24)26;/h4-6,8-17,36H,7,18-21H2,1-3H3;1H/b17-16+;. The Morgan fingerprint density at radius 1 is 0.949 bits per heavy atom. The summed E-state index contributed by atoms with van der Waals surface area (Å²) in [6.45, 7) is 1.75. The van der Waals surface area contributed by atoms with Gasteiger partial charge in [0.15, 0.2) is 0 Å². The Labute approximate surface area is 245 Å². The largest absolute Gasteiger partial charge is 1.00 e. The van der Waals surface area contributed by atoms with Gasteiger partial charge in [-0.2, -0.15) is 0 Å². The third-order valence-corrected chi connectivity index (χ3v) is 5.98. The first-order valence-electron chi connectivity index (χ1n) is 12.2. The molecule has 0 aromatic heterocycles. The molecule has 208 valence electrons. The van der Waals surface area contributed by atoms with E-state index < -0.39 is 18.0 Å². The molecular weight excluding hydrogens is 613 g/mol. The molecule has 2 N–H and O–H groups in total. The maximum absolute atomic E-state index is 12.4. The molecule has 0 bridgehead atoms. The van der Waals surface area contributed by atoms with E-state index in [9.17, 15) is 19.6 Å². The summed E-state index contributed by atoms with van der Waals surface area (Å²) in [5.74, 6) is -1.34. The van der Waals surface area contributed by atoms with Crippen LogP contribution in [0.25, 0.3) is 10.8 Å². The molecule has 0 aliphatic carbocycles. The van der Waals surface area contributed by atoms with Gasteiger partial charge in [0.2, 0.25) is 0 Å². The number of carbonyl (C=O) groups is 3. The molecule has 3 aromatic carbocycles. The number of quaternary nitrogens is 1. The van der Waals surface area contributed by atoms with E-state index in [-0.39, 0.29) is 37.1 Å². The van der Waals surface area contributed by atoms with Crippen LogP contribution in [-0.4, -0.2) is 67.0 Å². The highest BCUT2D eigenvalue weighted by Gasteiger charge is 2.17. The SMILES string of the molecule is COC(=O)/C=C/C(=O)N(O)CCC[N+](C)(C)Cc1ccc(COC(=O)Nc2cccc3ccccc23)cc1.[I-]. The van der Waals surface area contributed by atoms with Crippen molar-refractivity contribution in [3.05, 3.63) is 90.0 Å². The van der Waals surface area contributed by atoms with Crippen LogP contribution in [0.2, 0.25) is 0 Å². The average Bonchev–Trinajstić information content (AvgIpc) is 2.91. The molecule has 3 aromatic rings. The topological polar surface area (TPSA) is 105 Å². The molecule has 0 heterocycles. The van der Waals surface area contributed by atoms with Crippen molar-refractivity contribution in [3.63, 3.8) is 0 Å². The fourth-order valence-electron chi connectivity index (χ4n) is 4.00. The molecule has 0 aliphatic rings. The number of esters is 1. The zero-order valence-corrected chi connectivity index (χ0v) is 24.5. The lowest BCUT2D eigenvalue weighted by atomic mass is 10.1. The molecular formula is C29H34IN3O6. The van der Waals surface area contributed by atoms with Crippen LogP contribution in [0.4, 0.5) is 10.5 Å². The van der Waals surface area contributed by atoms with Gasteiger partial charge < -0.3 is 37.9 Å². The van der Waals surface area contributed by atoms with Gasteiger partial charge in [-0.25, -0.2) is 14.7 Å². The highest BCUT2D eigenvalue weighted by atomic mass is 127. The number of carbonyl (C=O) groups excluding carboxylic acids is 3. The average molecular weight is 648 g/mol. The van der Waals surface area contributed by atoms with E-state index in [0.29, 0.717) is 28.2 Å². The minimum absolute atomic E-state index is 0. The Morgan fingerprint density at radius 2 is 1.62 bits per heavy atom. The van der Waals surface area contributed by atoms with Crippen molar-refractivity contribution < 1.29 is 57.5 Å². The molecule has 0 unspecified atom stereocenters. The Kier molecular flexibility index (Phi) is 12.4. The number of hydrogen-bond donors (Lipinski definition) is 2. The number of rotatable bonds is 11. The number of nitrogens with one attached hydrogen (secondary N) is 1. The Bertz CT molecular complexity index is 1290. The minimum Gasteiger partial charge on any atom is -1.00 e. The zero-order valence-electron chi connectivity index (χ0n) is 22.3. The Morgan fingerprint density at radius 3 is 2.33 bits per heavy atom. The summed E-state index contributed by atoms with van der Waals surface area (Å²) in [5.41, 5.74) is 2.69. The molecule has 39 heavy (non-hydrogen) atoms. The van der Waals surface area contributed by atoms with Crippen LogP contribution in [0.5, 0.6) is 0 Å². The van der Waals surface area contributed by atoms with Gasteiger partial charge in [0, 0.05) is 29.5 Å². The molecule has 9 nitrogen and oxygen atoms in total. The second-order valence-electron chi connectivity index (χ2n) is 9.53. The number of benzene rings is 3. The van der Waals surface area contributed by atoms with E-state index in [1.165, 1.54) is 7.11 Å². The maximum Gasteiger partial charge on any atom is 0.411 e. The fraction of sp³-hybridized carbons (Fsp3) is 0.276. The van der Waals surface area contributed by atoms with Crippen LogP contribution >= 0.6 is 0 Å². The maximum atomic E-state index is 12.4. The number of hydrogen-bond acceptors (Lipinski definition) is 6. The highest BCUT2D eigenvalue weighted by Crippen LogP contribution is 2.23. The quantitative estimate of drug-likeness (QED) is 0.0817. The normalized spacial score (nSPS) is 11.1. The number of ether oxygens (including phenoxy) is 2. The predicted molar refractivity (Wildman–Crippen MR) is 144 cm³/mol. The van der Waals surface area contributed by atoms with Crippen molar-refractivity contribution in [2.75, 3.05) is 39.6 Å². The van der Waals surface area contributed by atoms with Gasteiger partial charge in [-0.15, -0.1) is 0 Å². The van der Waals surface area contributed by atoms with Crippen LogP contribution in [0.3, 0.4) is 0 Å². The van der Waals surface area contributed by atoms with Crippen molar-refractivity contribution in [2.45, 2.75) is 19.6 Å². The lowest BCUT2D eigenvalue weighted by molar-refractivity contribution is -0.903. The molecule has 2 amide bonds. The van der Waals surface area contributed by atoms with E-state index in [2.05, 4.69) is 24.1 Å². The summed E-state index contributed by atoms with van der Waals surface area (Å²) in [6.07, 6.45) is 2.00. The predicted octanol–water partition coefficient (Wildman–Crippen LogP) is 1.51. The zero-order chi connectivity index (χ0) is 27.5. The summed E-state index contributed by atoms with van der Waals surface area (Å²) in [7, 11) is 5.34. The third kappa shape index (κ3) is 10.3. The lowest BCUT2D eigenvalue weighted by Crippen LogP contribution is -3.00. The number of fused-ring (bicyclic) bond motifs is 1. The van der Waals surface area contributed by atoms with Gasteiger partial charge in [-0.05, 0) is 17.0 Å². The van der Waals surface area contributed by atoms with Gasteiger partial charge in [-0.1, -0.05) is 60.7 Å². The minimum atomic E-state index is -0.677. The third-order valence-electron chi connectivity index (χ3n) is 5.98. The summed E-state index contributed by atoms with van der Waals surface area (Å²) >= 11 is 0. The summed E-state index contributed by atoms with van der Waals surface area (Å²) < 4.78 is 10.5. The number of hydroxylamine groups is 2. The van der Waals surface area contributed by atoms with Gasteiger partial charge in [-0.3, -0.25) is 15.3 Å². The van der Waals surface area contributed by atoms with Crippen molar-refractivity contribution in [3.8, 4) is 0 Å². The number of anilines is 1. The molecule has 0 aliphatic heterocycles. The van der Waals surface area contributed by atoms with Crippen molar-refractivity contribution >= 4 is 34.4 Å². The second-order valence-corrected chi connectivity index (χ2v) is 9.53. The van der Waals surface area contributed by atoms with Crippen molar-refractivity contribution in [1.82, 2.24) is 5.06 Å². The Hall–Kier alpha value is -3.48. The van der Waals surface area contributed by atoms with E-state index in [4.69, 9.17) is 4.74 Å². The number of nitrogens with zero attached hydrogens (tertiary/aromatic N) is 2. The first kappa shape index (κ1) is 31.7. The molecule has 0 radical (unpaired) electrons. The van der Waals surface area contributed by atoms with E-state index in [1.54, 1.807) is 0 Å². The molecule has 10 heteroatoms. The number of methoxy groups -OCH3 is 1. The second kappa shape index (κ2) is 15.2. The van der Waals surface area contributed by atoms with E-state index in [1.807, 2.05) is 66.7 Å². The fourth-order valence-corrected chi connectivity index (χ4v) is 4.00. The number of amides is 2. The van der Waals surface area contributed by atoms with Gasteiger partial charge in [0.05, 0.1) is 40.0 Å². The molecule has 0 fully saturated rings. The molecule has 0 saturated heterocycles. The van der Waals surface area contributed by atoms with Crippen LogP contribution in [0.15, 0.2) is 78.9 Å². The molecule has 0 spiro atoms.